The van der Waals surface area contributed by atoms with Gasteiger partial charge in [-0.1, -0.05) is 83.8 Å². The molecule has 6 heterocycles. The maximum Gasteiger partial charge on any atom is 0.248 e. The number of nitrogens with two attached hydrogens (primary N) is 5. The SMILES string of the molecule is NCC(=O)NCCN1CCN(CCCN2c3ccccc3Sc3ccc(C(N)=O)cc32)CC1.NCCN1CCN(CCCN2c3ccccc3Sc3ccc(C(N)=O)cc32)CC1.[C-]#[N+]c1ccc2c(c1)N(CCCN1CCN(CCNC(=O)CN)CC1)c1ccccc1S2. The molecule has 12 N–H and O–H groups in total. The van der Waals surface area contributed by atoms with E-state index in [-0.39, 0.29) is 30.8 Å². The predicted octanol–water partition coefficient (Wildman–Crippen LogP) is 6.75. The summed E-state index contributed by atoms with van der Waals surface area (Å²) in [6.07, 6.45) is 3.15. The number of hydrogen-bond donors (Lipinski definition) is 7. The van der Waals surface area contributed by atoms with E-state index in [9.17, 15) is 19.2 Å². The minimum atomic E-state index is -0.401. The molecule has 6 aliphatic heterocycles. The second-order valence-corrected chi connectivity index (χ2v) is 27.3. The van der Waals surface area contributed by atoms with Gasteiger partial charge in [0, 0.05) is 184 Å². The molecule has 0 saturated carbocycles. The third-order valence-corrected chi connectivity index (χ3v) is 21.2. The summed E-state index contributed by atoms with van der Waals surface area (Å²) in [5.74, 6) is -0.976. The molecule has 4 amide bonds. The van der Waals surface area contributed by atoms with Gasteiger partial charge in [0.25, 0.3) is 0 Å². The highest BCUT2D eigenvalue weighted by molar-refractivity contribution is 8.00. The number of anilines is 6. The fourth-order valence-electron chi connectivity index (χ4n) is 12.7. The number of fused-ring (bicyclic) bond motifs is 6. The summed E-state index contributed by atoms with van der Waals surface area (Å²) in [5.41, 5.74) is 36.1. The number of piperazine rings is 3. The molecule has 6 aliphatic rings. The van der Waals surface area contributed by atoms with E-state index in [4.69, 9.17) is 35.2 Å². The Morgan fingerprint density at radius 2 is 0.691 bits per heavy atom. The molecule has 0 unspecified atom stereocenters. The molecular formula is C70H91N17O4S3. The number of nitrogens with one attached hydrogen (secondary N) is 2. The molecule has 6 aromatic carbocycles. The summed E-state index contributed by atoms with van der Waals surface area (Å²) >= 11 is 5.27. The van der Waals surface area contributed by atoms with Crippen LogP contribution in [0.25, 0.3) is 4.85 Å². The van der Waals surface area contributed by atoms with Crippen molar-refractivity contribution in [3.05, 3.63) is 150 Å². The maximum absolute atomic E-state index is 11.8. The highest BCUT2D eigenvalue weighted by atomic mass is 32.2. The van der Waals surface area contributed by atoms with E-state index in [2.05, 4.69) is 138 Å². The average molecular weight is 1330 g/mol. The molecule has 21 nitrogen and oxygen atoms in total. The lowest BCUT2D eigenvalue weighted by atomic mass is 10.1. The zero-order valence-corrected chi connectivity index (χ0v) is 56.3. The summed E-state index contributed by atoms with van der Waals surface area (Å²) in [4.78, 5) is 78.8. The fourth-order valence-corrected chi connectivity index (χ4v) is 15.9. The van der Waals surface area contributed by atoms with Crippen molar-refractivity contribution in [3.8, 4) is 0 Å². The van der Waals surface area contributed by atoms with Crippen molar-refractivity contribution < 1.29 is 19.2 Å². The minimum Gasteiger partial charge on any atom is -0.366 e. The lowest BCUT2D eigenvalue weighted by Gasteiger charge is -2.36. The Morgan fingerprint density at radius 1 is 0.383 bits per heavy atom. The first-order valence-electron chi connectivity index (χ1n) is 32.9. The molecular weight excluding hydrogens is 1240 g/mol. The Kier molecular flexibility index (Phi) is 25.9. The van der Waals surface area contributed by atoms with Gasteiger partial charge in [0.05, 0.1) is 48.1 Å². The van der Waals surface area contributed by atoms with E-state index in [1.807, 2.05) is 42.5 Å². The van der Waals surface area contributed by atoms with Crippen LogP contribution in [0.4, 0.5) is 39.8 Å². The Bertz CT molecular complexity index is 3570. The summed E-state index contributed by atoms with van der Waals surface area (Å²) in [6.45, 7) is 30.8. The quantitative estimate of drug-likeness (QED) is 0.0309. The van der Waals surface area contributed by atoms with E-state index < -0.39 is 5.91 Å². The molecule has 6 aromatic rings. The van der Waals surface area contributed by atoms with Crippen LogP contribution in [0.3, 0.4) is 0 Å². The molecule has 0 aliphatic carbocycles. The number of amides is 4. The number of carbonyl (C=O) groups excluding carboxylic acids is 4. The van der Waals surface area contributed by atoms with Crippen LogP contribution < -0.4 is 54.0 Å². The second-order valence-electron chi connectivity index (χ2n) is 24.0. The molecule has 12 rings (SSSR count). The topological polar surface area (TPSA) is 256 Å². The van der Waals surface area contributed by atoms with E-state index >= 15 is 0 Å². The number of primary amides is 2. The molecule has 94 heavy (non-hydrogen) atoms. The van der Waals surface area contributed by atoms with Gasteiger partial charge in [-0.25, -0.2) is 4.85 Å². The Morgan fingerprint density at radius 3 is 1.02 bits per heavy atom. The molecule has 0 atom stereocenters. The lowest BCUT2D eigenvalue weighted by molar-refractivity contribution is -0.120. The van der Waals surface area contributed by atoms with Crippen LogP contribution in [0.2, 0.25) is 0 Å². The maximum atomic E-state index is 11.8. The minimum absolute atomic E-state index is 0.0439. The van der Waals surface area contributed by atoms with Crippen molar-refractivity contribution in [1.29, 1.82) is 0 Å². The Hall–Kier alpha value is -7.22. The number of hydrogen-bond acceptors (Lipinski definition) is 19. The van der Waals surface area contributed by atoms with Gasteiger partial charge < -0.3 is 68.7 Å². The summed E-state index contributed by atoms with van der Waals surface area (Å²) in [5, 5.41) is 5.67. The summed E-state index contributed by atoms with van der Waals surface area (Å²) < 4.78 is 0. The van der Waals surface area contributed by atoms with Gasteiger partial charge in [-0.2, -0.15) is 0 Å². The van der Waals surface area contributed by atoms with Gasteiger partial charge in [0.1, 0.15) is 0 Å². The van der Waals surface area contributed by atoms with Gasteiger partial charge in [-0.05, 0) is 118 Å². The fraction of sp³-hybridized carbons (Fsp3) is 0.414. The number of para-hydroxylation sites is 3. The van der Waals surface area contributed by atoms with Crippen LogP contribution in [0.15, 0.2) is 157 Å². The number of benzene rings is 6. The van der Waals surface area contributed by atoms with Gasteiger partial charge in [0.2, 0.25) is 23.6 Å². The Labute approximate surface area is 566 Å². The molecule has 0 radical (unpaired) electrons. The largest absolute Gasteiger partial charge is 0.366 e. The lowest BCUT2D eigenvalue weighted by Crippen LogP contribution is -2.49. The normalized spacial score (nSPS) is 16.5. The van der Waals surface area contributed by atoms with Crippen LogP contribution in [-0.4, -0.2) is 223 Å². The predicted molar refractivity (Wildman–Crippen MR) is 381 cm³/mol. The van der Waals surface area contributed by atoms with Crippen LogP contribution in [0.1, 0.15) is 40.0 Å². The van der Waals surface area contributed by atoms with Gasteiger partial charge in [0.15, 0.2) is 5.69 Å². The zero-order valence-electron chi connectivity index (χ0n) is 53.8. The van der Waals surface area contributed by atoms with Gasteiger partial charge in [-0.15, -0.1) is 0 Å². The van der Waals surface area contributed by atoms with Crippen LogP contribution in [0, 0.1) is 6.57 Å². The van der Waals surface area contributed by atoms with Crippen molar-refractivity contribution in [2.45, 2.75) is 48.6 Å². The Balaban J connectivity index is 0.000000154. The molecule has 24 heteroatoms. The molecule has 0 aromatic heterocycles. The number of nitrogens with zero attached hydrogens (tertiary/aromatic N) is 10. The van der Waals surface area contributed by atoms with Crippen LogP contribution >= 0.6 is 35.3 Å². The molecule has 0 bridgehead atoms. The first kappa shape index (κ1) is 69.6. The number of carbonyl (C=O) groups is 4. The average Bonchev–Trinajstić information content (AvgIpc) is 0.800. The van der Waals surface area contributed by atoms with E-state index in [0.29, 0.717) is 29.9 Å². The second kappa shape index (κ2) is 35.0. The van der Waals surface area contributed by atoms with Gasteiger partial charge in [-0.3, -0.25) is 33.9 Å². The van der Waals surface area contributed by atoms with Crippen molar-refractivity contribution in [3.63, 3.8) is 0 Å². The van der Waals surface area contributed by atoms with Crippen molar-refractivity contribution in [2.75, 3.05) is 185 Å². The zero-order chi connectivity index (χ0) is 65.8. The van der Waals surface area contributed by atoms with Crippen LogP contribution in [0.5, 0.6) is 0 Å². The van der Waals surface area contributed by atoms with Crippen molar-refractivity contribution in [1.82, 2.24) is 40.0 Å². The summed E-state index contributed by atoms with van der Waals surface area (Å²) in [7, 11) is 0. The molecule has 3 saturated heterocycles. The first-order chi connectivity index (χ1) is 45.9. The first-order valence-corrected chi connectivity index (χ1v) is 35.3. The molecule has 498 valence electrons. The van der Waals surface area contributed by atoms with Gasteiger partial charge >= 0.3 is 0 Å². The van der Waals surface area contributed by atoms with Crippen molar-refractivity contribution >= 4 is 98.7 Å². The highest BCUT2D eigenvalue weighted by Gasteiger charge is 2.29. The number of rotatable bonds is 24. The smallest absolute Gasteiger partial charge is 0.248 e. The third-order valence-electron chi connectivity index (χ3n) is 17.8. The molecule has 3 fully saturated rings. The highest BCUT2D eigenvalue weighted by Crippen LogP contribution is 2.51. The van der Waals surface area contributed by atoms with E-state index in [1.54, 1.807) is 41.4 Å². The van der Waals surface area contributed by atoms with E-state index in [1.165, 1.54) is 41.5 Å². The monoisotopic (exact) mass is 1330 g/mol. The van der Waals surface area contributed by atoms with Crippen molar-refractivity contribution in [2.24, 2.45) is 28.7 Å². The summed E-state index contributed by atoms with van der Waals surface area (Å²) in [6, 6.07) is 42.9. The van der Waals surface area contributed by atoms with E-state index in [0.717, 1.165) is 185 Å². The molecule has 0 spiro atoms. The van der Waals surface area contributed by atoms with Crippen LogP contribution in [-0.2, 0) is 9.59 Å². The third kappa shape index (κ3) is 18.8. The standard InChI is InChI=1S/C24H32N6O2S.C24H30N6OS.C22H29N5OS/c25-17-23(31)27-8-11-29-14-12-28(13-15-29)9-3-10-30-19-4-1-2-5-21(19)33-22-7-6-18(24(26)32)16-20(22)30;1-26-19-7-8-23-21(17-19)30(20-5-2-3-6-22(20)32-23)11-4-10-28-13-15-29(16-14-28)12-9-27-24(31)18-25;23-8-11-26-14-12-25(13-15-26)9-3-10-27-18-4-1-2-5-20(18)29-21-7-6-17(22(24)28)16-19(21)27/h1-2,4-7,16H,3,8-15,17,25H2,(H2,26,32)(H,27,31);2-3,5-8,17H,4,9-16,18,25H2,(H,27,31);1-2,4-7,16H,3,8-15,23H2,(H2,24,28).